The van der Waals surface area contributed by atoms with Gasteiger partial charge in [-0.15, -0.1) is 0 Å². The van der Waals surface area contributed by atoms with Gasteiger partial charge in [-0.3, -0.25) is 4.90 Å². The second kappa shape index (κ2) is 6.41. The summed E-state index contributed by atoms with van der Waals surface area (Å²) in [4.78, 5) is 25.2. The lowest BCUT2D eigenvalue weighted by molar-refractivity contribution is -0.143. The van der Waals surface area contributed by atoms with Gasteiger partial charge in [-0.25, -0.2) is 9.59 Å². The van der Waals surface area contributed by atoms with Gasteiger partial charge in [-0.2, -0.15) is 0 Å². The van der Waals surface area contributed by atoms with E-state index in [0.717, 1.165) is 11.3 Å². The van der Waals surface area contributed by atoms with E-state index in [1.54, 1.807) is 11.8 Å². The van der Waals surface area contributed by atoms with E-state index in [1.165, 1.54) is 6.92 Å². The minimum absolute atomic E-state index is 0.319. The second-order valence-corrected chi connectivity index (χ2v) is 4.95. The summed E-state index contributed by atoms with van der Waals surface area (Å²) in [5.74, 6) is -1.03. The number of rotatable bonds is 5. The van der Waals surface area contributed by atoms with Gasteiger partial charge < -0.3 is 10.4 Å². The molecule has 0 saturated heterocycles. The average molecular weight is 278 g/mol. The van der Waals surface area contributed by atoms with Crippen LogP contribution in [0, 0.1) is 6.92 Å². The van der Waals surface area contributed by atoms with E-state index < -0.39 is 17.5 Å². The molecule has 5 nitrogen and oxygen atoms in total. The maximum Gasteiger partial charge on any atom is 0.329 e. The largest absolute Gasteiger partial charge is 0.480 e. The van der Waals surface area contributed by atoms with Gasteiger partial charge in [0.05, 0.1) is 0 Å². The van der Waals surface area contributed by atoms with Crippen molar-refractivity contribution in [3.8, 4) is 0 Å². The summed E-state index contributed by atoms with van der Waals surface area (Å²) in [5.41, 5.74) is 0.502. The van der Waals surface area contributed by atoms with Gasteiger partial charge in [0.25, 0.3) is 0 Å². The number of carbonyl (C=O) groups is 2. The van der Waals surface area contributed by atoms with Crippen LogP contribution in [0.1, 0.15) is 32.8 Å². The third kappa shape index (κ3) is 3.29. The average Bonchev–Trinajstić information content (AvgIpc) is 2.41. The van der Waals surface area contributed by atoms with E-state index in [4.69, 9.17) is 0 Å². The van der Waals surface area contributed by atoms with Crippen molar-refractivity contribution in [2.24, 2.45) is 0 Å². The molecule has 2 N–H and O–H groups in total. The van der Waals surface area contributed by atoms with Crippen LogP contribution in [-0.2, 0) is 4.79 Å². The molecule has 0 aliphatic carbocycles. The van der Waals surface area contributed by atoms with Crippen molar-refractivity contribution in [3.63, 3.8) is 0 Å². The van der Waals surface area contributed by atoms with Crippen molar-refractivity contribution in [2.75, 3.05) is 11.4 Å². The lowest BCUT2D eigenvalue weighted by Gasteiger charge is -2.30. The Morgan fingerprint density at radius 1 is 1.30 bits per heavy atom. The van der Waals surface area contributed by atoms with E-state index >= 15 is 0 Å². The zero-order chi connectivity index (χ0) is 15.3. The van der Waals surface area contributed by atoms with Gasteiger partial charge in [0.15, 0.2) is 0 Å². The molecule has 0 spiro atoms. The van der Waals surface area contributed by atoms with Crippen LogP contribution in [0.3, 0.4) is 0 Å². The molecule has 5 heteroatoms. The molecule has 0 saturated carbocycles. The maximum absolute atomic E-state index is 12.4. The lowest BCUT2D eigenvalue weighted by atomic mass is 9.99. The van der Waals surface area contributed by atoms with Crippen molar-refractivity contribution in [2.45, 2.75) is 39.7 Å². The molecule has 0 bridgehead atoms. The number of carboxylic acids is 1. The molecule has 0 radical (unpaired) electrons. The van der Waals surface area contributed by atoms with Crippen molar-refractivity contribution in [3.05, 3.63) is 29.8 Å². The molecule has 1 rings (SSSR count). The Labute approximate surface area is 119 Å². The van der Waals surface area contributed by atoms with Crippen molar-refractivity contribution in [1.29, 1.82) is 0 Å². The van der Waals surface area contributed by atoms with Crippen LogP contribution in [0.15, 0.2) is 24.3 Å². The number of hydrogen-bond donors (Lipinski definition) is 2. The lowest BCUT2D eigenvalue weighted by Crippen LogP contribution is -2.56. The number of aliphatic carboxylic acids is 1. The molecule has 0 aliphatic heterocycles. The first-order valence-electron chi connectivity index (χ1n) is 6.74. The van der Waals surface area contributed by atoms with Crippen LogP contribution < -0.4 is 10.2 Å². The Morgan fingerprint density at radius 3 is 2.35 bits per heavy atom. The van der Waals surface area contributed by atoms with Crippen molar-refractivity contribution < 1.29 is 14.7 Å². The predicted octanol–water partition coefficient (Wildman–Crippen LogP) is 2.78. The number of nitrogens with zero attached hydrogens (tertiary/aromatic N) is 1. The fourth-order valence-corrected chi connectivity index (χ4v) is 1.89. The number of carboxylic acid groups (broad SMARTS) is 1. The Hall–Kier alpha value is -2.04. The molecule has 1 aromatic carbocycles. The minimum Gasteiger partial charge on any atom is -0.480 e. The van der Waals surface area contributed by atoms with Crippen LogP contribution in [-0.4, -0.2) is 29.2 Å². The summed E-state index contributed by atoms with van der Waals surface area (Å²) in [5, 5.41) is 11.8. The SMILES string of the molecule is CCN(C(=O)NC(C)(CC)C(=O)O)c1ccccc1C. The summed E-state index contributed by atoms with van der Waals surface area (Å²) < 4.78 is 0. The number of benzene rings is 1. The third-order valence-corrected chi connectivity index (χ3v) is 3.53. The van der Waals surface area contributed by atoms with Crippen LogP contribution in [0.25, 0.3) is 0 Å². The van der Waals surface area contributed by atoms with Crippen LogP contribution >= 0.6 is 0 Å². The first kappa shape index (κ1) is 16.0. The van der Waals surface area contributed by atoms with E-state index in [1.807, 2.05) is 38.1 Å². The molecule has 0 heterocycles. The van der Waals surface area contributed by atoms with Gasteiger partial charge in [0.1, 0.15) is 5.54 Å². The maximum atomic E-state index is 12.4. The quantitative estimate of drug-likeness (QED) is 0.870. The molecule has 0 aromatic heterocycles. The zero-order valence-electron chi connectivity index (χ0n) is 12.4. The van der Waals surface area contributed by atoms with Gasteiger partial charge in [0, 0.05) is 12.2 Å². The van der Waals surface area contributed by atoms with Gasteiger partial charge >= 0.3 is 12.0 Å². The van der Waals surface area contributed by atoms with E-state index in [2.05, 4.69) is 5.32 Å². The Bertz CT molecular complexity index is 502. The minimum atomic E-state index is -1.26. The molecule has 1 unspecified atom stereocenters. The van der Waals surface area contributed by atoms with Crippen molar-refractivity contribution >= 4 is 17.7 Å². The van der Waals surface area contributed by atoms with Gasteiger partial charge in [-0.05, 0) is 38.8 Å². The highest BCUT2D eigenvalue weighted by Crippen LogP contribution is 2.20. The van der Waals surface area contributed by atoms with E-state index in [9.17, 15) is 14.7 Å². The number of nitrogens with one attached hydrogen (secondary N) is 1. The highest BCUT2D eigenvalue weighted by molar-refractivity contribution is 5.96. The summed E-state index contributed by atoms with van der Waals surface area (Å²) in [6.07, 6.45) is 0.319. The number of hydrogen-bond acceptors (Lipinski definition) is 2. The Morgan fingerprint density at radius 2 is 1.90 bits per heavy atom. The number of aryl methyl sites for hydroxylation is 1. The first-order chi connectivity index (χ1) is 9.35. The molecular weight excluding hydrogens is 256 g/mol. The molecule has 20 heavy (non-hydrogen) atoms. The molecule has 1 aromatic rings. The normalized spacial score (nSPS) is 13.4. The zero-order valence-corrected chi connectivity index (χ0v) is 12.4. The summed E-state index contributed by atoms with van der Waals surface area (Å²) in [6, 6.07) is 7.13. The number of urea groups is 1. The smallest absolute Gasteiger partial charge is 0.329 e. The highest BCUT2D eigenvalue weighted by Gasteiger charge is 2.34. The fraction of sp³-hybridized carbons (Fsp3) is 0.467. The Kier molecular flexibility index (Phi) is 5.13. The van der Waals surface area contributed by atoms with Crippen LogP contribution in [0.4, 0.5) is 10.5 Å². The number of amides is 2. The number of anilines is 1. The topological polar surface area (TPSA) is 69.6 Å². The van der Waals surface area contributed by atoms with Gasteiger partial charge in [0.2, 0.25) is 0 Å². The summed E-state index contributed by atoms with van der Waals surface area (Å²) in [6.45, 7) is 7.49. The van der Waals surface area contributed by atoms with Crippen LogP contribution in [0.2, 0.25) is 0 Å². The first-order valence-corrected chi connectivity index (χ1v) is 6.74. The van der Waals surface area contributed by atoms with E-state index in [-0.39, 0.29) is 0 Å². The monoisotopic (exact) mass is 278 g/mol. The summed E-state index contributed by atoms with van der Waals surface area (Å²) in [7, 11) is 0. The molecule has 110 valence electrons. The van der Waals surface area contributed by atoms with Crippen LogP contribution in [0.5, 0.6) is 0 Å². The standard InChI is InChI=1S/C15H22N2O3/c1-5-15(4,13(18)19)16-14(20)17(6-2)12-10-8-7-9-11(12)3/h7-10H,5-6H2,1-4H3,(H,16,20)(H,18,19). The second-order valence-electron chi connectivity index (χ2n) is 4.95. The molecular formula is C15H22N2O3. The number of carbonyl (C=O) groups excluding carboxylic acids is 1. The van der Waals surface area contributed by atoms with E-state index in [0.29, 0.717) is 13.0 Å². The molecule has 0 aliphatic rings. The van der Waals surface area contributed by atoms with Gasteiger partial charge in [-0.1, -0.05) is 25.1 Å². The Balaban J connectivity index is 3.00. The molecule has 0 fully saturated rings. The molecule has 2 amide bonds. The third-order valence-electron chi connectivity index (χ3n) is 3.53. The molecule has 1 atom stereocenters. The fourth-order valence-electron chi connectivity index (χ4n) is 1.89. The number of para-hydroxylation sites is 1. The highest BCUT2D eigenvalue weighted by atomic mass is 16.4. The van der Waals surface area contributed by atoms with Crippen molar-refractivity contribution in [1.82, 2.24) is 5.32 Å². The predicted molar refractivity (Wildman–Crippen MR) is 79.1 cm³/mol. The summed E-state index contributed by atoms with van der Waals surface area (Å²) >= 11 is 0.